The van der Waals surface area contributed by atoms with Gasteiger partial charge in [-0.05, 0) is 64.7 Å². The molecule has 9 heteroatoms. The van der Waals surface area contributed by atoms with Crippen molar-refractivity contribution in [2.45, 2.75) is 31.2 Å². The van der Waals surface area contributed by atoms with Crippen LogP contribution < -0.4 is 9.64 Å². The first-order valence-corrected chi connectivity index (χ1v) is 14.0. The van der Waals surface area contributed by atoms with Crippen molar-refractivity contribution in [2.75, 3.05) is 10.7 Å². The van der Waals surface area contributed by atoms with Gasteiger partial charge in [-0.15, -0.1) is 11.8 Å². The number of aromatic nitrogens is 1. The Morgan fingerprint density at radius 2 is 1.63 bits per heavy atom. The molecule has 0 bridgehead atoms. The molecule has 1 amide bonds. The first-order valence-electron chi connectivity index (χ1n) is 13.0. The molecule has 0 saturated carbocycles. The number of esters is 2. The normalized spacial score (nSPS) is 17.0. The van der Waals surface area contributed by atoms with E-state index in [0.29, 0.717) is 17.1 Å². The number of rotatable bonds is 9. The Hall–Kier alpha value is -4.50. The van der Waals surface area contributed by atoms with Gasteiger partial charge in [0.15, 0.2) is 0 Å². The van der Waals surface area contributed by atoms with E-state index in [4.69, 9.17) is 9.47 Å². The molecule has 3 atom stereocenters. The lowest BCUT2D eigenvalue weighted by molar-refractivity contribution is -0.145. The van der Waals surface area contributed by atoms with Gasteiger partial charge in [0.2, 0.25) is 5.91 Å². The number of nitrogens with zero attached hydrogens (tertiary/aromatic N) is 2. The molecule has 4 aromatic rings. The molecule has 1 aliphatic rings. The Labute approximate surface area is 241 Å². The van der Waals surface area contributed by atoms with E-state index in [1.165, 1.54) is 37.7 Å². The molecular formula is C32H27FN2O5S. The molecule has 1 aromatic heterocycles. The number of benzene rings is 3. The van der Waals surface area contributed by atoms with Gasteiger partial charge in [-0.25, -0.2) is 4.39 Å². The molecule has 0 N–H and O–H groups in total. The van der Waals surface area contributed by atoms with Crippen LogP contribution in [-0.2, 0) is 19.1 Å². The number of thioether (sulfide) groups is 1. The van der Waals surface area contributed by atoms with Crippen molar-refractivity contribution in [1.82, 2.24) is 4.98 Å². The Balaban J connectivity index is 1.41. The second-order valence-electron chi connectivity index (χ2n) is 9.51. The van der Waals surface area contributed by atoms with E-state index < -0.39 is 23.3 Å². The Morgan fingerprint density at radius 3 is 2.24 bits per heavy atom. The topological polar surface area (TPSA) is 85.8 Å². The average Bonchev–Trinajstić information content (AvgIpc) is 2.96. The number of β-lactam (4-membered cyclic amide) rings is 1. The smallest absolute Gasteiger partial charge is 0.308 e. The van der Waals surface area contributed by atoms with Crippen LogP contribution in [-0.4, -0.2) is 33.8 Å². The first-order chi connectivity index (χ1) is 19.8. The van der Waals surface area contributed by atoms with Crippen LogP contribution in [0.4, 0.5) is 10.1 Å². The first kappa shape index (κ1) is 28.0. The summed E-state index contributed by atoms with van der Waals surface area (Å²) in [7, 11) is 0. The zero-order valence-corrected chi connectivity index (χ0v) is 23.2. The van der Waals surface area contributed by atoms with E-state index in [1.54, 1.807) is 41.6 Å². The van der Waals surface area contributed by atoms with Crippen molar-refractivity contribution in [3.63, 3.8) is 0 Å². The highest BCUT2D eigenvalue weighted by atomic mass is 32.2. The van der Waals surface area contributed by atoms with Crippen LogP contribution in [0, 0.1) is 5.82 Å². The quantitative estimate of drug-likeness (QED) is 0.132. The number of halogens is 1. The van der Waals surface area contributed by atoms with Gasteiger partial charge in [0.1, 0.15) is 22.9 Å². The molecular weight excluding hydrogens is 543 g/mol. The maximum absolute atomic E-state index is 13.6. The number of ether oxygens (including phenoxy) is 2. The number of carbonyl (C=O) groups is 3. The Morgan fingerprint density at radius 1 is 0.927 bits per heavy atom. The standard InChI is InChI=1S/C32H27FN2O5S/c1-20(36)39-28-15-9-24(10-16-28)30-31(41-19-29(40-21(2)37)23-5-11-26(33)12-6-23)32(38)35(30)27-13-7-22(8-14-27)25-4-3-17-34-18-25/h3-18,29-31H,19H2,1-2H3/t29-,30-,31-/m1/s1. The van der Waals surface area contributed by atoms with Crippen LogP contribution in [0.1, 0.15) is 37.1 Å². The third-order valence-corrected chi connectivity index (χ3v) is 7.96. The predicted molar refractivity (Wildman–Crippen MR) is 155 cm³/mol. The summed E-state index contributed by atoms with van der Waals surface area (Å²) >= 11 is 1.38. The van der Waals surface area contributed by atoms with Gasteiger partial charge in [-0.3, -0.25) is 19.4 Å². The van der Waals surface area contributed by atoms with E-state index in [9.17, 15) is 18.8 Å². The van der Waals surface area contributed by atoms with Gasteiger partial charge in [-0.1, -0.05) is 42.5 Å². The molecule has 0 spiro atoms. The summed E-state index contributed by atoms with van der Waals surface area (Å²) < 4.78 is 24.2. The second-order valence-corrected chi connectivity index (χ2v) is 10.7. The van der Waals surface area contributed by atoms with E-state index in [1.807, 2.05) is 48.5 Å². The van der Waals surface area contributed by atoms with Crippen LogP contribution in [0.5, 0.6) is 5.75 Å². The van der Waals surface area contributed by atoms with Gasteiger partial charge < -0.3 is 14.4 Å². The lowest BCUT2D eigenvalue weighted by Crippen LogP contribution is -2.57. The van der Waals surface area contributed by atoms with Crippen molar-refractivity contribution < 1.29 is 28.2 Å². The molecule has 7 nitrogen and oxygen atoms in total. The van der Waals surface area contributed by atoms with Gasteiger partial charge in [0, 0.05) is 37.7 Å². The van der Waals surface area contributed by atoms with E-state index in [-0.39, 0.29) is 17.8 Å². The molecule has 208 valence electrons. The molecule has 1 saturated heterocycles. The van der Waals surface area contributed by atoms with E-state index >= 15 is 0 Å². The third kappa shape index (κ3) is 6.47. The van der Waals surface area contributed by atoms with Crippen molar-refractivity contribution in [3.8, 4) is 16.9 Å². The third-order valence-electron chi connectivity index (χ3n) is 6.65. The molecule has 0 unspecified atom stereocenters. The highest BCUT2D eigenvalue weighted by Crippen LogP contribution is 2.46. The summed E-state index contributed by atoms with van der Waals surface area (Å²) in [6.07, 6.45) is 2.85. The minimum absolute atomic E-state index is 0.0844. The fourth-order valence-electron chi connectivity index (χ4n) is 4.75. The zero-order valence-electron chi connectivity index (χ0n) is 22.4. The predicted octanol–water partition coefficient (Wildman–Crippen LogP) is 6.31. The second kappa shape index (κ2) is 12.3. The lowest BCUT2D eigenvalue weighted by Gasteiger charge is -2.47. The van der Waals surface area contributed by atoms with Crippen molar-refractivity contribution >= 4 is 35.3 Å². The minimum Gasteiger partial charge on any atom is -0.457 e. The molecule has 0 aliphatic carbocycles. The van der Waals surface area contributed by atoms with Crippen LogP contribution in [0.3, 0.4) is 0 Å². The molecule has 1 fully saturated rings. The van der Waals surface area contributed by atoms with Crippen LogP contribution in [0.15, 0.2) is 97.3 Å². The Kier molecular flexibility index (Phi) is 8.45. The summed E-state index contributed by atoms with van der Waals surface area (Å²) in [6, 6.07) is 24.1. The van der Waals surface area contributed by atoms with Crippen LogP contribution in [0.2, 0.25) is 0 Å². The summed E-state index contributed by atoms with van der Waals surface area (Å²) in [4.78, 5) is 42.7. The lowest BCUT2D eigenvalue weighted by atomic mass is 9.92. The summed E-state index contributed by atoms with van der Waals surface area (Å²) in [5.41, 5.74) is 4.19. The summed E-state index contributed by atoms with van der Waals surface area (Å²) in [5, 5.41) is -0.467. The largest absolute Gasteiger partial charge is 0.457 e. The molecule has 1 aliphatic heterocycles. The molecule has 2 heterocycles. The zero-order chi connectivity index (χ0) is 28.9. The SMILES string of the molecule is CC(=O)Oc1ccc([C@@H]2[C@@H](SC[C@@H](OC(C)=O)c3ccc(F)cc3)C(=O)N2c2ccc(-c3cccnc3)cc2)cc1. The van der Waals surface area contributed by atoms with Crippen molar-refractivity contribution in [3.05, 3.63) is 114 Å². The fourth-order valence-corrected chi connectivity index (χ4v) is 6.11. The van der Waals surface area contributed by atoms with Gasteiger partial charge in [0.05, 0.1) is 6.04 Å². The van der Waals surface area contributed by atoms with Crippen molar-refractivity contribution in [2.24, 2.45) is 0 Å². The van der Waals surface area contributed by atoms with Gasteiger partial charge in [-0.2, -0.15) is 0 Å². The van der Waals surface area contributed by atoms with Gasteiger partial charge in [0.25, 0.3) is 0 Å². The number of pyridine rings is 1. The van der Waals surface area contributed by atoms with E-state index in [2.05, 4.69) is 4.98 Å². The maximum atomic E-state index is 13.6. The van der Waals surface area contributed by atoms with Crippen molar-refractivity contribution in [1.29, 1.82) is 0 Å². The highest BCUT2D eigenvalue weighted by Gasteiger charge is 2.49. The summed E-state index contributed by atoms with van der Waals surface area (Å²) in [6.45, 7) is 2.66. The fraction of sp³-hybridized carbons (Fsp3) is 0.188. The number of carbonyl (C=O) groups excluding carboxylic acids is 3. The van der Waals surface area contributed by atoms with E-state index in [0.717, 1.165) is 22.4 Å². The Bertz CT molecular complexity index is 1530. The monoisotopic (exact) mass is 570 g/mol. The molecule has 41 heavy (non-hydrogen) atoms. The number of hydrogen-bond acceptors (Lipinski definition) is 7. The highest BCUT2D eigenvalue weighted by molar-refractivity contribution is 8.00. The minimum atomic E-state index is -0.647. The molecule has 0 radical (unpaired) electrons. The number of hydrogen-bond donors (Lipinski definition) is 0. The molecule has 3 aromatic carbocycles. The van der Waals surface area contributed by atoms with Crippen LogP contribution >= 0.6 is 11.8 Å². The van der Waals surface area contributed by atoms with Gasteiger partial charge >= 0.3 is 11.9 Å². The van der Waals surface area contributed by atoms with Crippen LogP contribution in [0.25, 0.3) is 11.1 Å². The number of amides is 1. The number of anilines is 1. The molecule has 5 rings (SSSR count). The maximum Gasteiger partial charge on any atom is 0.308 e. The average molecular weight is 571 g/mol. The summed E-state index contributed by atoms with van der Waals surface area (Å²) in [5.74, 6) is -0.643.